The number of hydrogen-bond acceptors (Lipinski definition) is 4. The van der Waals surface area contributed by atoms with Crippen LogP contribution in [-0.4, -0.2) is 14.9 Å². The second kappa shape index (κ2) is 14.1. The van der Waals surface area contributed by atoms with Gasteiger partial charge in [0, 0.05) is 46.2 Å². The molecule has 3 aliphatic rings. The number of nitriles is 2. The molecule has 0 spiro atoms. The molecule has 1 aliphatic heterocycles. The lowest BCUT2D eigenvalue weighted by Crippen LogP contribution is -2.30. The van der Waals surface area contributed by atoms with E-state index in [-0.39, 0.29) is 11.1 Å². The second-order valence-electron chi connectivity index (χ2n) is 20.9. The highest BCUT2D eigenvalue weighted by Crippen LogP contribution is 2.59. The minimum atomic E-state index is -1.17. The Labute approximate surface area is 411 Å². The normalized spacial score (nSPS) is 15.2. The van der Waals surface area contributed by atoms with Gasteiger partial charge in [-0.3, -0.25) is 0 Å². The van der Waals surface area contributed by atoms with Crippen LogP contribution in [0.15, 0.2) is 170 Å². The van der Waals surface area contributed by atoms with Gasteiger partial charge in [0.2, 0.25) is 5.79 Å². The maximum absolute atomic E-state index is 11.9. The van der Waals surface area contributed by atoms with Gasteiger partial charge in [-0.2, -0.15) is 10.5 Å². The summed E-state index contributed by atoms with van der Waals surface area (Å²) < 4.78 is 18.7. The first kappa shape index (κ1) is 41.2. The molecule has 11 aromatic rings. The second-order valence-corrected chi connectivity index (χ2v) is 20.9. The Morgan fingerprint density at radius 2 is 0.789 bits per heavy atom. The summed E-state index contributed by atoms with van der Waals surface area (Å²) in [5.41, 5.74) is 18.1. The summed E-state index contributed by atoms with van der Waals surface area (Å²) in [6.07, 6.45) is 0. The Morgan fingerprint density at radius 3 is 1.20 bits per heavy atom. The predicted octanol–water partition coefficient (Wildman–Crippen LogP) is 16.1. The van der Waals surface area contributed by atoms with Gasteiger partial charge in [-0.05, 0) is 91.0 Å². The molecule has 0 saturated heterocycles. The average molecular weight is 915 g/mol. The van der Waals surface area contributed by atoms with Crippen LogP contribution in [0.5, 0.6) is 11.5 Å². The van der Waals surface area contributed by atoms with Crippen LogP contribution in [-0.2, 0) is 10.8 Å². The lowest BCUT2D eigenvalue weighted by atomic mass is 9.81. The lowest BCUT2D eigenvalue weighted by Gasteiger charge is -2.25. The largest absolute Gasteiger partial charge is 0.447 e. The standard InChI is InChI=1S/C65H46N4O2/c1-63(2)51-23-15-13-21-41(51)43-27-29-45-47-33-39(37-17-9-7-10-18-37)25-31-53(47)68(57(45)55(43)63)59-49(35-66)50(36-67)60(62-61(59)70-65(5,6)71-62)69-54-32-26-40(38-19-11-8-12-20-38)34-48(54)46-30-28-44-42-22-14-16-24-52(42)64(3,4)56(44)58(46)69/h7-34H,1-6H3. The quantitative estimate of drug-likeness (QED) is 0.176. The minimum absolute atomic E-state index is 0.213. The van der Waals surface area contributed by atoms with Crippen molar-refractivity contribution in [2.24, 2.45) is 0 Å². The third-order valence-corrected chi connectivity index (χ3v) is 15.8. The van der Waals surface area contributed by atoms with Crippen LogP contribution in [0, 0.1) is 22.7 Å². The number of fused-ring (bicyclic) bond motifs is 15. The molecule has 0 bridgehead atoms. The van der Waals surface area contributed by atoms with Gasteiger partial charge in [0.05, 0.1) is 22.1 Å². The number of benzene rings is 9. The Kier molecular flexibility index (Phi) is 8.19. The Morgan fingerprint density at radius 1 is 0.394 bits per heavy atom. The first-order chi connectivity index (χ1) is 34.4. The van der Waals surface area contributed by atoms with Crippen molar-refractivity contribution in [1.82, 2.24) is 9.13 Å². The van der Waals surface area contributed by atoms with Gasteiger partial charge in [-0.1, -0.05) is 173 Å². The molecule has 2 aliphatic carbocycles. The van der Waals surface area contributed by atoms with E-state index in [9.17, 15) is 10.5 Å². The third kappa shape index (κ3) is 5.40. The monoisotopic (exact) mass is 914 g/mol. The molecule has 0 amide bonds. The summed E-state index contributed by atoms with van der Waals surface area (Å²) in [7, 11) is 0. The van der Waals surface area contributed by atoms with E-state index in [0.717, 1.165) is 88.1 Å². The number of ether oxygens (including phenoxy) is 2. The molecule has 0 unspecified atom stereocenters. The number of rotatable bonds is 4. The van der Waals surface area contributed by atoms with Crippen molar-refractivity contribution < 1.29 is 9.47 Å². The van der Waals surface area contributed by atoms with E-state index < -0.39 is 16.6 Å². The van der Waals surface area contributed by atoms with Crippen molar-refractivity contribution in [3.63, 3.8) is 0 Å². The zero-order valence-corrected chi connectivity index (χ0v) is 40.3. The topological polar surface area (TPSA) is 75.9 Å². The molecule has 2 aromatic heterocycles. The van der Waals surface area contributed by atoms with Gasteiger partial charge in [0.25, 0.3) is 0 Å². The molecule has 14 rings (SSSR count). The minimum Gasteiger partial charge on any atom is -0.447 e. The maximum atomic E-state index is 11.9. The summed E-state index contributed by atoms with van der Waals surface area (Å²) in [4.78, 5) is 0. The van der Waals surface area contributed by atoms with E-state index in [0.29, 0.717) is 22.9 Å². The van der Waals surface area contributed by atoms with Crippen molar-refractivity contribution in [1.29, 1.82) is 10.5 Å². The van der Waals surface area contributed by atoms with Crippen molar-refractivity contribution in [2.75, 3.05) is 0 Å². The van der Waals surface area contributed by atoms with Crippen LogP contribution in [0.1, 0.15) is 74.9 Å². The third-order valence-electron chi connectivity index (χ3n) is 15.8. The predicted molar refractivity (Wildman–Crippen MR) is 286 cm³/mol. The van der Waals surface area contributed by atoms with Gasteiger partial charge in [-0.15, -0.1) is 0 Å². The molecule has 0 saturated carbocycles. The highest BCUT2D eigenvalue weighted by molar-refractivity contribution is 6.16. The summed E-state index contributed by atoms with van der Waals surface area (Å²) in [6.45, 7) is 13.0. The van der Waals surface area contributed by atoms with E-state index in [1.54, 1.807) is 0 Å². The van der Waals surface area contributed by atoms with Crippen molar-refractivity contribution >= 4 is 43.6 Å². The highest BCUT2D eigenvalue weighted by Gasteiger charge is 2.45. The zero-order valence-electron chi connectivity index (χ0n) is 40.3. The highest BCUT2D eigenvalue weighted by atomic mass is 16.7. The molecule has 0 radical (unpaired) electrons. The van der Waals surface area contributed by atoms with Gasteiger partial charge < -0.3 is 18.6 Å². The van der Waals surface area contributed by atoms with Crippen LogP contribution in [0.4, 0.5) is 0 Å². The molecule has 71 heavy (non-hydrogen) atoms. The van der Waals surface area contributed by atoms with Gasteiger partial charge in [-0.25, -0.2) is 0 Å². The Hall–Kier alpha value is -8.84. The zero-order chi connectivity index (χ0) is 48.3. The Balaban J connectivity index is 1.15. The van der Waals surface area contributed by atoms with Crippen LogP contribution < -0.4 is 9.47 Å². The number of aromatic nitrogens is 2. The van der Waals surface area contributed by atoms with E-state index >= 15 is 0 Å². The molecule has 9 aromatic carbocycles. The van der Waals surface area contributed by atoms with Gasteiger partial charge in [0.1, 0.15) is 34.6 Å². The number of hydrogen-bond donors (Lipinski definition) is 0. The molecule has 0 atom stereocenters. The molecular weight excluding hydrogens is 869 g/mol. The lowest BCUT2D eigenvalue weighted by molar-refractivity contribution is -0.0431. The van der Waals surface area contributed by atoms with E-state index in [1.165, 1.54) is 22.3 Å². The summed E-state index contributed by atoms with van der Waals surface area (Å²) in [5, 5.41) is 28.0. The van der Waals surface area contributed by atoms with Crippen molar-refractivity contribution in [3.05, 3.63) is 203 Å². The Bertz CT molecular complexity index is 3990. The molecule has 6 heteroatoms. The van der Waals surface area contributed by atoms with E-state index in [1.807, 2.05) is 26.0 Å². The van der Waals surface area contributed by atoms with Crippen LogP contribution in [0.25, 0.3) is 99.5 Å². The first-order valence-electron chi connectivity index (χ1n) is 24.4. The molecule has 0 N–H and O–H groups in total. The van der Waals surface area contributed by atoms with Crippen LogP contribution in [0.2, 0.25) is 0 Å². The fraction of sp³-hybridized carbons (Fsp3) is 0.138. The summed E-state index contributed by atoms with van der Waals surface area (Å²) >= 11 is 0. The van der Waals surface area contributed by atoms with E-state index in [2.05, 4.69) is 207 Å². The fourth-order valence-electron chi connectivity index (χ4n) is 12.8. The van der Waals surface area contributed by atoms with E-state index in [4.69, 9.17) is 9.47 Å². The van der Waals surface area contributed by atoms with Crippen molar-refractivity contribution in [2.45, 2.75) is 58.2 Å². The van der Waals surface area contributed by atoms with Gasteiger partial charge in [0.15, 0.2) is 11.5 Å². The fourth-order valence-corrected chi connectivity index (χ4v) is 12.8. The van der Waals surface area contributed by atoms with Crippen LogP contribution >= 0.6 is 0 Å². The smallest absolute Gasteiger partial charge is 0.246 e. The average Bonchev–Trinajstić information content (AvgIpc) is 4.13. The van der Waals surface area contributed by atoms with Crippen molar-refractivity contribution in [3.8, 4) is 79.5 Å². The van der Waals surface area contributed by atoms with Crippen LogP contribution in [0.3, 0.4) is 0 Å². The molecule has 0 fully saturated rings. The molecular formula is C65H46N4O2. The molecule has 6 nitrogen and oxygen atoms in total. The SMILES string of the molecule is CC1(C)Oc2c(c(-n3c4ccc(-c5ccccc5)cc4c4ccc5c(c43)C(C)(C)c3ccccc3-5)c(C#N)c(C#N)c2-n2c3ccc(-c4ccccc4)cc3c3ccc4c(c32)C(C)(C)c2ccccc2-4)O1. The molecule has 3 heterocycles. The first-order valence-corrected chi connectivity index (χ1v) is 24.4. The number of nitrogens with zero attached hydrogens (tertiary/aromatic N) is 4. The summed E-state index contributed by atoms with van der Waals surface area (Å²) in [6, 6.07) is 65.6. The maximum Gasteiger partial charge on any atom is 0.246 e. The summed E-state index contributed by atoms with van der Waals surface area (Å²) in [5.74, 6) is -0.327. The molecule has 338 valence electrons. The van der Waals surface area contributed by atoms with Gasteiger partial charge >= 0.3 is 0 Å².